The minimum absolute atomic E-state index is 0.0155. The van der Waals surface area contributed by atoms with Gasteiger partial charge in [-0.3, -0.25) is 4.79 Å². The molecule has 1 amide bonds. The summed E-state index contributed by atoms with van der Waals surface area (Å²) >= 11 is 1.78. The van der Waals surface area contributed by atoms with Crippen LogP contribution in [0.2, 0.25) is 0 Å². The molecule has 0 aromatic heterocycles. The monoisotopic (exact) mass is 353 g/mol. The van der Waals surface area contributed by atoms with E-state index >= 15 is 0 Å². The first-order valence-corrected chi connectivity index (χ1v) is 9.46. The second kappa shape index (κ2) is 9.79. The zero-order valence-electron chi connectivity index (χ0n) is 14.7. The highest BCUT2D eigenvalue weighted by Crippen LogP contribution is 2.42. The Bertz CT molecular complexity index is 538. The summed E-state index contributed by atoms with van der Waals surface area (Å²) < 4.78 is 16.3. The maximum atomic E-state index is 12.4. The Kier molecular flexibility index (Phi) is 7.72. The first-order valence-electron chi connectivity index (χ1n) is 8.42. The molecule has 2 rings (SSSR count). The number of nitrogens with zero attached hydrogens (tertiary/aromatic N) is 1. The van der Waals surface area contributed by atoms with Crippen LogP contribution in [0.5, 0.6) is 11.5 Å². The zero-order chi connectivity index (χ0) is 17.4. The average molecular weight is 353 g/mol. The summed E-state index contributed by atoms with van der Waals surface area (Å²) in [6.07, 6.45) is 2.46. The number of benzene rings is 1. The quantitative estimate of drug-likeness (QED) is 0.636. The molecule has 1 aromatic rings. The van der Waals surface area contributed by atoms with E-state index in [0.29, 0.717) is 19.6 Å². The van der Waals surface area contributed by atoms with Gasteiger partial charge in [-0.25, -0.2) is 0 Å². The van der Waals surface area contributed by atoms with Crippen LogP contribution in [0.25, 0.3) is 0 Å². The van der Waals surface area contributed by atoms with Crippen LogP contribution in [0.1, 0.15) is 37.1 Å². The summed E-state index contributed by atoms with van der Waals surface area (Å²) in [5, 5.41) is -0.0155. The number of ether oxygens (including phenoxy) is 3. The van der Waals surface area contributed by atoms with E-state index in [1.807, 2.05) is 23.1 Å². The zero-order valence-corrected chi connectivity index (χ0v) is 15.6. The highest BCUT2D eigenvalue weighted by Gasteiger charge is 2.31. The SMILES string of the molecule is CCCOCCCN1C(=O)CCSC1c1ccc(OC)cc1OC. The molecule has 0 N–H and O–H groups in total. The highest BCUT2D eigenvalue weighted by molar-refractivity contribution is 7.99. The largest absolute Gasteiger partial charge is 0.497 e. The maximum Gasteiger partial charge on any atom is 0.224 e. The third-order valence-electron chi connectivity index (χ3n) is 3.94. The lowest BCUT2D eigenvalue weighted by Crippen LogP contribution is -2.38. The molecule has 0 radical (unpaired) electrons. The Morgan fingerprint density at radius 1 is 1.25 bits per heavy atom. The van der Waals surface area contributed by atoms with Gasteiger partial charge in [-0.05, 0) is 25.0 Å². The second-order valence-electron chi connectivity index (χ2n) is 5.63. The van der Waals surface area contributed by atoms with Crippen molar-refractivity contribution in [3.63, 3.8) is 0 Å². The van der Waals surface area contributed by atoms with E-state index in [1.165, 1.54) is 0 Å². The number of rotatable bonds is 9. The molecular formula is C18H27NO4S. The summed E-state index contributed by atoms with van der Waals surface area (Å²) in [6.45, 7) is 4.26. The maximum absolute atomic E-state index is 12.4. The van der Waals surface area contributed by atoms with Crippen molar-refractivity contribution in [2.24, 2.45) is 0 Å². The van der Waals surface area contributed by atoms with Crippen molar-refractivity contribution in [3.05, 3.63) is 23.8 Å². The van der Waals surface area contributed by atoms with Crippen molar-refractivity contribution in [2.75, 3.05) is 39.7 Å². The Labute approximate surface area is 148 Å². The van der Waals surface area contributed by atoms with Gasteiger partial charge in [-0.2, -0.15) is 0 Å². The van der Waals surface area contributed by atoms with Gasteiger partial charge in [0.15, 0.2) is 0 Å². The summed E-state index contributed by atoms with van der Waals surface area (Å²) in [6, 6.07) is 5.78. The van der Waals surface area contributed by atoms with Crippen molar-refractivity contribution in [3.8, 4) is 11.5 Å². The first kappa shape index (κ1) is 18.9. The van der Waals surface area contributed by atoms with E-state index < -0.39 is 0 Å². The molecule has 0 bridgehead atoms. The van der Waals surface area contributed by atoms with Crippen molar-refractivity contribution in [1.82, 2.24) is 4.90 Å². The predicted molar refractivity (Wildman–Crippen MR) is 96.8 cm³/mol. The van der Waals surface area contributed by atoms with Crippen LogP contribution < -0.4 is 9.47 Å². The van der Waals surface area contributed by atoms with Crippen LogP contribution in [0.15, 0.2) is 18.2 Å². The number of thioether (sulfide) groups is 1. The van der Waals surface area contributed by atoms with Gasteiger partial charge in [0.2, 0.25) is 5.91 Å². The lowest BCUT2D eigenvalue weighted by molar-refractivity contribution is -0.132. The first-order chi connectivity index (χ1) is 11.7. The van der Waals surface area contributed by atoms with Gasteiger partial charge in [0.05, 0.1) is 14.2 Å². The molecule has 1 aromatic carbocycles. The lowest BCUT2D eigenvalue weighted by Gasteiger charge is -2.36. The molecule has 6 heteroatoms. The Hall–Kier alpha value is -1.40. The number of carbonyl (C=O) groups is 1. The number of hydrogen-bond acceptors (Lipinski definition) is 5. The van der Waals surface area contributed by atoms with Gasteiger partial charge < -0.3 is 19.1 Å². The lowest BCUT2D eigenvalue weighted by atomic mass is 10.1. The third-order valence-corrected chi connectivity index (χ3v) is 5.20. The van der Waals surface area contributed by atoms with Gasteiger partial charge in [-0.15, -0.1) is 11.8 Å². The van der Waals surface area contributed by atoms with Crippen molar-refractivity contribution < 1.29 is 19.0 Å². The molecule has 1 fully saturated rings. The number of amides is 1. The van der Waals surface area contributed by atoms with Crippen LogP contribution in [-0.2, 0) is 9.53 Å². The fraction of sp³-hybridized carbons (Fsp3) is 0.611. The van der Waals surface area contributed by atoms with Gasteiger partial charge in [0.1, 0.15) is 16.9 Å². The second-order valence-corrected chi connectivity index (χ2v) is 6.82. The van der Waals surface area contributed by atoms with Crippen LogP contribution in [0, 0.1) is 0 Å². The molecule has 1 aliphatic heterocycles. The van der Waals surface area contributed by atoms with Crippen LogP contribution in [0.4, 0.5) is 0 Å². The van der Waals surface area contributed by atoms with Crippen molar-refractivity contribution >= 4 is 17.7 Å². The van der Waals surface area contributed by atoms with E-state index in [-0.39, 0.29) is 11.3 Å². The normalized spacial score (nSPS) is 17.9. The molecule has 1 atom stereocenters. The predicted octanol–water partition coefficient (Wildman–Crippen LogP) is 3.48. The summed E-state index contributed by atoms with van der Waals surface area (Å²) in [7, 11) is 3.28. The van der Waals surface area contributed by atoms with E-state index in [0.717, 1.165) is 42.3 Å². The van der Waals surface area contributed by atoms with Crippen molar-refractivity contribution in [2.45, 2.75) is 31.6 Å². The number of hydrogen-bond donors (Lipinski definition) is 0. The van der Waals surface area contributed by atoms with Crippen LogP contribution in [0.3, 0.4) is 0 Å². The molecule has 0 saturated carbocycles. The molecule has 1 saturated heterocycles. The molecule has 0 aliphatic carbocycles. The standard InChI is InChI=1S/C18H27NO4S/c1-4-10-23-11-5-9-19-17(20)8-12-24-18(19)15-7-6-14(21-2)13-16(15)22-3/h6-7,13,18H,4-5,8-12H2,1-3H3. The van der Waals surface area contributed by atoms with Gasteiger partial charge in [0.25, 0.3) is 0 Å². The molecule has 0 spiro atoms. The molecular weight excluding hydrogens is 326 g/mol. The van der Waals surface area contributed by atoms with Crippen LogP contribution in [-0.4, -0.2) is 50.5 Å². The summed E-state index contributed by atoms with van der Waals surface area (Å²) in [5.41, 5.74) is 1.02. The minimum atomic E-state index is -0.0155. The fourth-order valence-electron chi connectivity index (χ4n) is 2.73. The smallest absolute Gasteiger partial charge is 0.224 e. The molecule has 24 heavy (non-hydrogen) atoms. The van der Waals surface area contributed by atoms with E-state index in [9.17, 15) is 4.79 Å². The summed E-state index contributed by atoms with van der Waals surface area (Å²) in [4.78, 5) is 14.4. The Morgan fingerprint density at radius 2 is 2.08 bits per heavy atom. The van der Waals surface area contributed by atoms with Gasteiger partial charge in [-0.1, -0.05) is 6.92 Å². The van der Waals surface area contributed by atoms with E-state index in [4.69, 9.17) is 14.2 Å². The minimum Gasteiger partial charge on any atom is -0.497 e. The average Bonchev–Trinajstić information content (AvgIpc) is 2.62. The van der Waals surface area contributed by atoms with Gasteiger partial charge >= 0.3 is 0 Å². The van der Waals surface area contributed by atoms with Crippen LogP contribution >= 0.6 is 11.8 Å². The molecule has 1 unspecified atom stereocenters. The number of methoxy groups -OCH3 is 2. The molecule has 5 nitrogen and oxygen atoms in total. The Balaban J connectivity index is 2.11. The highest BCUT2D eigenvalue weighted by atomic mass is 32.2. The molecule has 1 aliphatic rings. The third kappa shape index (κ3) is 4.80. The molecule has 1 heterocycles. The molecule has 134 valence electrons. The fourth-order valence-corrected chi connectivity index (χ4v) is 4.02. The topological polar surface area (TPSA) is 48.0 Å². The summed E-state index contributed by atoms with van der Waals surface area (Å²) in [5.74, 6) is 2.55. The van der Waals surface area contributed by atoms with Gasteiger partial charge in [0, 0.05) is 43.6 Å². The van der Waals surface area contributed by atoms with E-state index in [1.54, 1.807) is 26.0 Å². The van der Waals surface area contributed by atoms with Crippen molar-refractivity contribution in [1.29, 1.82) is 0 Å². The number of carbonyl (C=O) groups excluding carboxylic acids is 1. The van der Waals surface area contributed by atoms with E-state index in [2.05, 4.69) is 6.92 Å². The Morgan fingerprint density at radius 3 is 2.79 bits per heavy atom.